The Balaban J connectivity index is 2.47. The molecule has 1 rings (SSSR count). The fourth-order valence-electron chi connectivity index (χ4n) is 1.21. The first-order valence-electron chi connectivity index (χ1n) is 5.23. The van der Waals surface area contributed by atoms with Gasteiger partial charge in [0.25, 0.3) is 10.2 Å². The van der Waals surface area contributed by atoms with E-state index < -0.39 is 35.6 Å². The van der Waals surface area contributed by atoms with Crippen LogP contribution in [0.4, 0.5) is 13.2 Å². The molecule has 0 fully saturated rings. The molecule has 1 aromatic rings. The van der Waals surface area contributed by atoms with Crippen molar-refractivity contribution in [3.05, 3.63) is 35.9 Å². The number of aliphatic hydroxyl groups is 1. The lowest BCUT2D eigenvalue weighted by atomic mass is 10.1. The average molecular weight is 298 g/mol. The number of nitrogens with one attached hydrogen (secondary N) is 2. The molecular formula is C10H13F3N2O3S. The van der Waals surface area contributed by atoms with Gasteiger partial charge in [-0.3, -0.25) is 0 Å². The van der Waals surface area contributed by atoms with E-state index in [2.05, 4.69) is 0 Å². The summed E-state index contributed by atoms with van der Waals surface area (Å²) in [5.41, 5.74) is 0.459. The highest BCUT2D eigenvalue weighted by molar-refractivity contribution is 7.87. The van der Waals surface area contributed by atoms with Gasteiger partial charge in [0.2, 0.25) is 0 Å². The minimum Gasteiger partial charge on any atom is -0.387 e. The van der Waals surface area contributed by atoms with E-state index >= 15 is 0 Å². The van der Waals surface area contributed by atoms with Crippen LogP contribution in [-0.2, 0) is 10.2 Å². The number of rotatable bonds is 6. The summed E-state index contributed by atoms with van der Waals surface area (Å²) in [5.74, 6) is 0. The van der Waals surface area contributed by atoms with Crippen LogP contribution in [0.2, 0.25) is 0 Å². The summed E-state index contributed by atoms with van der Waals surface area (Å²) >= 11 is 0. The average Bonchev–Trinajstić information content (AvgIpc) is 2.34. The van der Waals surface area contributed by atoms with Gasteiger partial charge in [-0.25, -0.2) is 0 Å². The van der Waals surface area contributed by atoms with Gasteiger partial charge >= 0.3 is 6.18 Å². The number of aliphatic hydroxyl groups excluding tert-OH is 1. The molecule has 108 valence electrons. The Bertz CT molecular complexity index is 490. The van der Waals surface area contributed by atoms with Crippen molar-refractivity contribution in [3.8, 4) is 0 Å². The van der Waals surface area contributed by atoms with E-state index in [1.165, 1.54) is 4.72 Å². The second-order valence-electron chi connectivity index (χ2n) is 3.71. The standard InChI is InChI=1S/C10H13F3N2O3S/c11-10(12,13)7-15-19(17,18)14-6-9(16)8-4-2-1-3-5-8/h1-5,9,14-16H,6-7H2. The zero-order chi connectivity index (χ0) is 14.5. The van der Waals surface area contributed by atoms with Crippen molar-refractivity contribution in [1.82, 2.24) is 9.44 Å². The predicted molar refractivity (Wildman–Crippen MR) is 62.4 cm³/mol. The van der Waals surface area contributed by atoms with Crippen LogP contribution < -0.4 is 9.44 Å². The van der Waals surface area contributed by atoms with E-state index in [-0.39, 0.29) is 0 Å². The molecule has 0 aromatic heterocycles. The summed E-state index contributed by atoms with van der Waals surface area (Å²) in [6.45, 7) is -2.08. The van der Waals surface area contributed by atoms with Crippen LogP contribution in [0.15, 0.2) is 30.3 Å². The first kappa shape index (κ1) is 15.9. The Morgan fingerprint density at radius 2 is 1.74 bits per heavy atom. The van der Waals surface area contributed by atoms with Gasteiger partial charge in [-0.15, -0.1) is 0 Å². The van der Waals surface area contributed by atoms with Crippen LogP contribution in [-0.4, -0.2) is 32.8 Å². The van der Waals surface area contributed by atoms with Crippen molar-refractivity contribution in [3.63, 3.8) is 0 Å². The Morgan fingerprint density at radius 3 is 2.26 bits per heavy atom. The van der Waals surface area contributed by atoms with Crippen molar-refractivity contribution >= 4 is 10.2 Å². The van der Waals surface area contributed by atoms with Crippen molar-refractivity contribution in [1.29, 1.82) is 0 Å². The van der Waals surface area contributed by atoms with Crippen LogP contribution in [0.5, 0.6) is 0 Å². The summed E-state index contributed by atoms with van der Waals surface area (Å²) in [6, 6.07) is 8.15. The summed E-state index contributed by atoms with van der Waals surface area (Å²) < 4.78 is 61.1. The lowest BCUT2D eigenvalue weighted by Gasteiger charge is -2.13. The van der Waals surface area contributed by atoms with Crippen LogP contribution in [0.25, 0.3) is 0 Å². The fourth-order valence-corrected chi connectivity index (χ4v) is 2.04. The van der Waals surface area contributed by atoms with Gasteiger partial charge in [-0.1, -0.05) is 30.3 Å². The molecule has 1 atom stereocenters. The second-order valence-corrected chi connectivity index (χ2v) is 5.30. The molecule has 5 nitrogen and oxygen atoms in total. The molecule has 0 aliphatic heterocycles. The summed E-state index contributed by atoms with van der Waals surface area (Å²) in [6.07, 6.45) is -5.77. The third-order valence-electron chi connectivity index (χ3n) is 2.11. The van der Waals surface area contributed by atoms with Crippen molar-refractivity contribution < 1.29 is 26.7 Å². The summed E-state index contributed by atoms with van der Waals surface area (Å²) in [7, 11) is -4.30. The van der Waals surface area contributed by atoms with Crippen molar-refractivity contribution in [2.24, 2.45) is 0 Å². The lowest BCUT2D eigenvalue weighted by Crippen LogP contribution is -2.42. The van der Waals surface area contributed by atoms with Gasteiger partial charge in [0.15, 0.2) is 0 Å². The maximum absolute atomic E-state index is 11.8. The van der Waals surface area contributed by atoms with Crippen molar-refractivity contribution in [2.75, 3.05) is 13.1 Å². The zero-order valence-corrected chi connectivity index (χ0v) is 10.5. The summed E-state index contributed by atoms with van der Waals surface area (Å²) in [5, 5.41) is 9.63. The SMILES string of the molecule is O=S(=O)(NCC(O)c1ccccc1)NCC(F)(F)F. The quantitative estimate of drug-likeness (QED) is 0.723. The smallest absolute Gasteiger partial charge is 0.387 e. The third-order valence-corrected chi connectivity index (χ3v) is 3.18. The van der Waals surface area contributed by atoms with Crippen LogP contribution in [0, 0.1) is 0 Å². The van der Waals surface area contributed by atoms with E-state index in [0.717, 1.165) is 0 Å². The Labute approximate surface area is 108 Å². The normalized spacial score (nSPS) is 14.3. The second kappa shape index (κ2) is 6.33. The topological polar surface area (TPSA) is 78.4 Å². The predicted octanol–water partition coefficient (Wildman–Crippen LogP) is 0.706. The van der Waals surface area contributed by atoms with Gasteiger partial charge in [0, 0.05) is 6.54 Å². The maximum Gasteiger partial charge on any atom is 0.402 e. The number of hydrogen-bond donors (Lipinski definition) is 3. The highest BCUT2D eigenvalue weighted by Crippen LogP contribution is 2.13. The maximum atomic E-state index is 11.8. The third kappa shape index (κ3) is 6.53. The number of benzene rings is 1. The summed E-state index contributed by atoms with van der Waals surface area (Å²) in [4.78, 5) is 0. The van der Waals surface area contributed by atoms with Gasteiger partial charge in [-0.2, -0.15) is 31.0 Å². The number of halogens is 3. The molecule has 19 heavy (non-hydrogen) atoms. The molecule has 0 aliphatic carbocycles. The molecule has 0 spiro atoms. The molecule has 0 heterocycles. The Hall–Kier alpha value is -1.16. The number of hydrogen-bond acceptors (Lipinski definition) is 3. The van der Waals surface area contributed by atoms with Crippen molar-refractivity contribution in [2.45, 2.75) is 12.3 Å². The molecule has 1 unspecified atom stereocenters. The minimum absolute atomic E-state index is 0.419. The molecule has 0 aliphatic rings. The first-order chi connectivity index (χ1) is 8.70. The zero-order valence-electron chi connectivity index (χ0n) is 9.68. The monoisotopic (exact) mass is 298 g/mol. The molecule has 3 N–H and O–H groups in total. The van der Waals surface area contributed by atoms with E-state index in [4.69, 9.17) is 0 Å². The molecule has 9 heteroatoms. The van der Waals surface area contributed by atoms with E-state index in [1.54, 1.807) is 30.3 Å². The van der Waals surface area contributed by atoms with E-state index in [0.29, 0.717) is 5.56 Å². The highest BCUT2D eigenvalue weighted by Gasteiger charge is 2.29. The molecule has 0 amide bonds. The highest BCUT2D eigenvalue weighted by atomic mass is 32.2. The molecule has 0 radical (unpaired) electrons. The van der Waals surface area contributed by atoms with Gasteiger partial charge in [0.05, 0.1) is 6.10 Å². The van der Waals surface area contributed by atoms with E-state index in [9.17, 15) is 26.7 Å². The fraction of sp³-hybridized carbons (Fsp3) is 0.400. The molecular weight excluding hydrogens is 285 g/mol. The number of alkyl halides is 3. The molecule has 0 saturated heterocycles. The van der Waals surface area contributed by atoms with Gasteiger partial charge < -0.3 is 5.11 Å². The van der Waals surface area contributed by atoms with Gasteiger partial charge in [-0.05, 0) is 5.56 Å². The Kier molecular flexibility index (Phi) is 5.29. The lowest BCUT2D eigenvalue weighted by molar-refractivity contribution is -0.121. The Morgan fingerprint density at radius 1 is 1.16 bits per heavy atom. The minimum atomic E-state index is -4.63. The first-order valence-corrected chi connectivity index (χ1v) is 6.72. The molecule has 0 saturated carbocycles. The van der Waals surface area contributed by atoms with Crippen LogP contribution >= 0.6 is 0 Å². The largest absolute Gasteiger partial charge is 0.402 e. The van der Waals surface area contributed by atoms with Gasteiger partial charge in [0.1, 0.15) is 6.54 Å². The van der Waals surface area contributed by atoms with Crippen LogP contribution in [0.1, 0.15) is 11.7 Å². The molecule has 0 bridgehead atoms. The van der Waals surface area contributed by atoms with Crippen LogP contribution in [0.3, 0.4) is 0 Å². The van der Waals surface area contributed by atoms with E-state index in [1.807, 2.05) is 4.72 Å². The molecule has 1 aromatic carbocycles.